The van der Waals surface area contributed by atoms with Gasteiger partial charge >= 0.3 is 6.03 Å². The fourth-order valence-electron chi connectivity index (χ4n) is 2.44. The van der Waals surface area contributed by atoms with Gasteiger partial charge in [-0.3, -0.25) is 10.1 Å². The van der Waals surface area contributed by atoms with Gasteiger partial charge in [0.25, 0.3) is 0 Å². The van der Waals surface area contributed by atoms with Crippen molar-refractivity contribution in [3.8, 4) is 0 Å². The second-order valence-corrected chi connectivity index (χ2v) is 7.24. The highest BCUT2D eigenvalue weighted by atomic mass is 32.2. The molecule has 0 saturated heterocycles. The minimum absolute atomic E-state index is 0.364. The van der Waals surface area contributed by atoms with E-state index in [1.54, 1.807) is 19.1 Å². The lowest BCUT2D eigenvalue weighted by molar-refractivity contribution is -0.119. The lowest BCUT2D eigenvalue weighted by Gasteiger charge is -2.12. The first kappa shape index (κ1) is 17.5. The summed E-state index contributed by atoms with van der Waals surface area (Å²) in [5.74, 6) is 1.14. The standard InChI is InChI=1S/C17H21N5O2S/c1-3-22-14(12-9-10-12)20-21-17(22)25-11(2)15(23)19-16(24)18-13-7-5-4-6-8-13/h4-8,11-12H,3,9-10H2,1-2H3,(H2,18,19,23,24). The molecule has 1 unspecified atom stereocenters. The van der Waals surface area contributed by atoms with Crippen molar-refractivity contribution in [2.75, 3.05) is 5.32 Å². The Morgan fingerprint density at radius 3 is 2.64 bits per heavy atom. The van der Waals surface area contributed by atoms with Crippen LogP contribution in [0.15, 0.2) is 35.5 Å². The summed E-state index contributed by atoms with van der Waals surface area (Å²) in [5, 5.41) is 13.7. The van der Waals surface area contributed by atoms with Crippen molar-refractivity contribution in [3.63, 3.8) is 0 Å². The van der Waals surface area contributed by atoms with E-state index in [1.807, 2.05) is 25.1 Å². The Morgan fingerprint density at radius 1 is 1.28 bits per heavy atom. The Hall–Kier alpha value is -2.35. The molecule has 0 bridgehead atoms. The molecule has 3 rings (SSSR count). The average molecular weight is 359 g/mol. The largest absolute Gasteiger partial charge is 0.325 e. The Bertz CT molecular complexity index is 758. The number of rotatable bonds is 6. The number of amides is 3. The zero-order valence-corrected chi connectivity index (χ0v) is 15.0. The number of urea groups is 1. The summed E-state index contributed by atoms with van der Waals surface area (Å²) in [6, 6.07) is 8.44. The van der Waals surface area contributed by atoms with Crippen molar-refractivity contribution in [1.82, 2.24) is 20.1 Å². The molecule has 2 aromatic rings. The second-order valence-electron chi connectivity index (χ2n) is 5.93. The first-order valence-electron chi connectivity index (χ1n) is 8.35. The number of hydrogen-bond acceptors (Lipinski definition) is 5. The molecular formula is C17H21N5O2S. The normalized spacial score (nSPS) is 14.8. The van der Waals surface area contributed by atoms with Crippen molar-refractivity contribution >= 4 is 29.4 Å². The molecule has 1 aromatic carbocycles. The first-order chi connectivity index (χ1) is 12.1. The van der Waals surface area contributed by atoms with Gasteiger partial charge in [-0.25, -0.2) is 4.79 Å². The van der Waals surface area contributed by atoms with Crippen molar-refractivity contribution in [3.05, 3.63) is 36.2 Å². The second kappa shape index (κ2) is 7.69. The summed E-state index contributed by atoms with van der Waals surface area (Å²) >= 11 is 1.31. The summed E-state index contributed by atoms with van der Waals surface area (Å²) in [7, 11) is 0. The van der Waals surface area contributed by atoms with E-state index in [1.165, 1.54) is 11.8 Å². The first-order valence-corrected chi connectivity index (χ1v) is 9.23. The maximum Gasteiger partial charge on any atom is 0.325 e. The summed E-state index contributed by atoms with van der Waals surface area (Å²) in [4.78, 5) is 24.2. The monoisotopic (exact) mass is 359 g/mol. The van der Waals surface area contributed by atoms with Gasteiger partial charge in [-0.2, -0.15) is 0 Å². The van der Waals surface area contributed by atoms with Crippen LogP contribution in [0.25, 0.3) is 0 Å². The van der Waals surface area contributed by atoms with E-state index in [9.17, 15) is 9.59 Å². The van der Waals surface area contributed by atoms with Crippen LogP contribution < -0.4 is 10.6 Å². The fraction of sp³-hybridized carbons (Fsp3) is 0.412. The zero-order chi connectivity index (χ0) is 17.8. The smallest absolute Gasteiger partial charge is 0.308 e. The van der Waals surface area contributed by atoms with E-state index >= 15 is 0 Å². The molecule has 0 aliphatic heterocycles. The number of para-hydroxylation sites is 1. The highest BCUT2D eigenvalue weighted by Crippen LogP contribution is 2.40. The zero-order valence-electron chi connectivity index (χ0n) is 14.2. The SMILES string of the molecule is CCn1c(SC(C)C(=O)NC(=O)Nc2ccccc2)nnc1C1CC1. The molecule has 1 atom stereocenters. The molecule has 25 heavy (non-hydrogen) atoms. The molecule has 1 heterocycles. The van der Waals surface area contributed by atoms with Crippen LogP contribution in [0.1, 0.15) is 38.4 Å². The third kappa shape index (κ3) is 4.39. The molecule has 1 aliphatic carbocycles. The van der Waals surface area contributed by atoms with Gasteiger partial charge in [-0.15, -0.1) is 10.2 Å². The maximum absolute atomic E-state index is 12.3. The van der Waals surface area contributed by atoms with Crippen LogP contribution in [0.5, 0.6) is 0 Å². The van der Waals surface area contributed by atoms with E-state index in [-0.39, 0.29) is 5.91 Å². The number of thioether (sulfide) groups is 1. The molecule has 7 nitrogen and oxygen atoms in total. The van der Waals surface area contributed by atoms with E-state index in [2.05, 4.69) is 25.4 Å². The van der Waals surface area contributed by atoms with E-state index in [0.717, 1.165) is 30.4 Å². The van der Waals surface area contributed by atoms with Crippen LogP contribution in [0.3, 0.4) is 0 Å². The summed E-state index contributed by atoms with van der Waals surface area (Å²) in [5.41, 5.74) is 0.632. The number of nitrogens with one attached hydrogen (secondary N) is 2. The molecule has 1 aliphatic rings. The number of aromatic nitrogens is 3. The third-order valence-corrected chi connectivity index (χ3v) is 5.00. The Balaban J connectivity index is 1.56. The molecule has 0 radical (unpaired) electrons. The molecule has 2 N–H and O–H groups in total. The summed E-state index contributed by atoms with van der Waals surface area (Å²) < 4.78 is 2.05. The van der Waals surface area contributed by atoms with E-state index in [0.29, 0.717) is 11.6 Å². The number of carbonyl (C=O) groups is 2. The van der Waals surface area contributed by atoms with Gasteiger partial charge in [0.15, 0.2) is 5.16 Å². The molecule has 0 spiro atoms. The lowest BCUT2D eigenvalue weighted by Crippen LogP contribution is -2.38. The van der Waals surface area contributed by atoms with Crippen LogP contribution in [-0.2, 0) is 11.3 Å². The number of hydrogen-bond donors (Lipinski definition) is 2. The lowest BCUT2D eigenvalue weighted by atomic mass is 10.3. The van der Waals surface area contributed by atoms with Gasteiger partial charge in [0, 0.05) is 18.2 Å². The van der Waals surface area contributed by atoms with Crippen molar-refractivity contribution in [2.45, 2.75) is 49.6 Å². The Labute approximate surface area is 150 Å². The molecule has 132 valence electrons. The third-order valence-electron chi connectivity index (χ3n) is 3.92. The van der Waals surface area contributed by atoms with Crippen LogP contribution in [-0.4, -0.2) is 32.0 Å². The Kier molecular flexibility index (Phi) is 5.37. The topological polar surface area (TPSA) is 88.9 Å². The summed E-state index contributed by atoms with van der Waals surface area (Å²) in [6.45, 7) is 4.56. The minimum atomic E-state index is -0.542. The summed E-state index contributed by atoms with van der Waals surface area (Å²) in [6.07, 6.45) is 2.30. The number of carbonyl (C=O) groups excluding carboxylic acids is 2. The number of anilines is 1. The number of benzene rings is 1. The Morgan fingerprint density at radius 2 is 2.00 bits per heavy atom. The van der Waals surface area contributed by atoms with Gasteiger partial charge in [0.05, 0.1) is 5.25 Å². The molecular weight excluding hydrogens is 338 g/mol. The van der Waals surface area contributed by atoms with Gasteiger partial charge < -0.3 is 9.88 Å². The molecule has 1 saturated carbocycles. The van der Waals surface area contributed by atoms with E-state index in [4.69, 9.17) is 0 Å². The predicted octanol–water partition coefficient (Wildman–Crippen LogP) is 3.00. The quantitative estimate of drug-likeness (QED) is 0.774. The number of imide groups is 1. The van der Waals surface area contributed by atoms with Crippen molar-refractivity contribution in [1.29, 1.82) is 0 Å². The molecule has 1 fully saturated rings. The van der Waals surface area contributed by atoms with Gasteiger partial charge in [0.1, 0.15) is 5.82 Å². The van der Waals surface area contributed by atoms with Crippen LogP contribution in [0.4, 0.5) is 10.5 Å². The van der Waals surface area contributed by atoms with E-state index < -0.39 is 11.3 Å². The highest BCUT2D eigenvalue weighted by Gasteiger charge is 2.30. The molecule has 8 heteroatoms. The highest BCUT2D eigenvalue weighted by molar-refractivity contribution is 8.00. The van der Waals surface area contributed by atoms with Crippen LogP contribution >= 0.6 is 11.8 Å². The minimum Gasteiger partial charge on any atom is -0.308 e. The van der Waals surface area contributed by atoms with Crippen LogP contribution in [0, 0.1) is 0 Å². The van der Waals surface area contributed by atoms with Gasteiger partial charge in [-0.1, -0.05) is 30.0 Å². The number of nitrogens with zero attached hydrogens (tertiary/aromatic N) is 3. The molecule has 1 aromatic heterocycles. The van der Waals surface area contributed by atoms with Gasteiger partial charge in [0.2, 0.25) is 5.91 Å². The van der Waals surface area contributed by atoms with Crippen molar-refractivity contribution < 1.29 is 9.59 Å². The maximum atomic E-state index is 12.3. The fourth-order valence-corrected chi connectivity index (χ4v) is 3.36. The van der Waals surface area contributed by atoms with Crippen LogP contribution in [0.2, 0.25) is 0 Å². The van der Waals surface area contributed by atoms with Gasteiger partial charge in [-0.05, 0) is 38.8 Å². The van der Waals surface area contributed by atoms with Crippen molar-refractivity contribution in [2.24, 2.45) is 0 Å². The molecule has 3 amide bonds. The average Bonchev–Trinajstić information content (AvgIpc) is 3.36. The predicted molar refractivity (Wildman–Crippen MR) is 96.6 cm³/mol.